The molecule has 212 valence electrons. The van der Waals surface area contributed by atoms with E-state index in [2.05, 4.69) is 25.7 Å². The number of carbonyl (C=O) groups excluding carboxylic acids is 2. The lowest BCUT2D eigenvalue weighted by molar-refractivity contribution is -0.173. The second-order valence-electron chi connectivity index (χ2n) is 13.1. The quantitative estimate of drug-likeness (QED) is 0.522. The first kappa shape index (κ1) is 29.1. The van der Waals surface area contributed by atoms with Gasteiger partial charge in [0.05, 0.1) is 25.1 Å². The summed E-state index contributed by atoms with van der Waals surface area (Å²) in [6.45, 7) is 11.0. The number of aliphatic hydroxyl groups is 1. The lowest BCUT2D eigenvalue weighted by Gasteiger charge is -2.61. The van der Waals surface area contributed by atoms with E-state index in [1.807, 2.05) is 0 Å². The molecule has 0 aromatic carbocycles. The highest BCUT2D eigenvalue weighted by Crippen LogP contribution is 2.66. The van der Waals surface area contributed by atoms with E-state index in [-0.39, 0.29) is 46.7 Å². The van der Waals surface area contributed by atoms with Gasteiger partial charge in [-0.05, 0) is 80.5 Å². The Morgan fingerprint density at radius 1 is 1.16 bits per heavy atom. The van der Waals surface area contributed by atoms with Crippen LogP contribution in [-0.4, -0.2) is 78.7 Å². The number of rotatable bonds is 3. The van der Waals surface area contributed by atoms with Gasteiger partial charge in [-0.1, -0.05) is 20.8 Å². The summed E-state index contributed by atoms with van der Waals surface area (Å²) in [7, 11) is -3.67. The van der Waals surface area contributed by atoms with Gasteiger partial charge >= 0.3 is 0 Å². The molecular weight excluding hydrogens is 494 g/mol. The van der Waals surface area contributed by atoms with Crippen molar-refractivity contribution in [3.05, 3.63) is 0 Å². The summed E-state index contributed by atoms with van der Waals surface area (Å²) in [6.07, 6.45) is 8.25. The molecule has 9 heteroatoms. The van der Waals surface area contributed by atoms with Gasteiger partial charge in [0.2, 0.25) is 0 Å². The second-order valence-corrected chi connectivity index (χ2v) is 14.6. The highest BCUT2D eigenvalue weighted by molar-refractivity contribution is 7.85. The number of fused-ring (bicyclic) bond motifs is 5. The Bertz CT molecular complexity index is 977. The molecule has 0 aromatic rings. The molecule has 0 unspecified atom stereocenters. The molecule has 5 fully saturated rings. The van der Waals surface area contributed by atoms with Crippen LogP contribution in [0.4, 0.5) is 0 Å². The molecule has 5 rings (SSSR count). The number of hydrogen-bond donors (Lipinski definition) is 2. The number of carbonyl (C=O) groups is 2. The third-order valence-corrected chi connectivity index (χ3v) is 11.0. The fourth-order valence-corrected chi connectivity index (χ4v) is 9.43. The van der Waals surface area contributed by atoms with Crippen molar-refractivity contribution in [1.82, 2.24) is 4.90 Å². The molecule has 0 amide bonds. The highest BCUT2D eigenvalue weighted by Gasteiger charge is 2.64. The summed E-state index contributed by atoms with van der Waals surface area (Å²) >= 11 is 0. The van der Waals surface area contributed by atoms with Crippen LogP contribution in [0.5, 0.6) is 0 Å². The number of morpholine rings is 1. The van der Waals surface area contributed by atoms with Gasteiger partial charge in [-0.3, -0.25) is 19.0 Å². The summed E-state index contributed by atoms with van der Waals surface area (Å²) in [5.74, 6) is 2.19. The van der Waals surface area contributed by atoms with Crippen LogP contribution >= 0.6 is 0 Å². The van der Waals surface area contributed by atoms with Crippen LogP contribution in [0.2, 0.25) is 0 Å². The van der Waals surface area contributed by atoms with Crippen LogP contribution < -0.4 is 0 Å². The van der Waals surface area contributed by atoms with Gasteiger partial charge in [0.15, 0.2) is 0 Å². The van der Waals surface area contributed by atoms with E-state index in [4.69, 9.17) is 9.29 Å². The zero-order chi connectivity index (χ0) is 27.3. The lowest BCUT2D eigenvalue weighted by Crippen LogP contribution is -2.63. The van der Waals surface area contributed by atoms with Gasteiger partial charge < -0.3 is 9.84 Å². The maximum Gasteiger partial charge on any atom is 0.261 e. The third kappa shape index (κ3) is 5.58. The largest absolute Gasteiger partial charge is 0.391 e. The second kappa shape index (κ2) is 10.6. The molecule has 37 heavy (non-hydrogen) atoms. The molecule has 1 aliphatic heterocycles. The number of hydrogen-bond acceptors (Lipinski definition) is 7. The van der Waals surface area contributed by atoms with Crippen molar-refractivity contribution in [3.63, 3.8) is 0 Å². The molecule has 4 saturated carbocycles. The normalized spacial score (nSPS) is 46.2. The van der Waals surface area contributed by atoms with Crippen LogP contribution in [0, 0.1) is 40.4 Å². The maximum absolute atomic E-state index is 13.9. The Balaban J connectivity index is 0.000000586. The van der Waals surface area contributed by atoms with Crippen molar-refractivity contribution in [1.29, 1.82) is 0 Å². The van der Waals surface area contributed by atoms with Gasteiger partial charge in [0, 0.05) is 37.4 Å². The van der Waals surface area contributed by atoms with Gasteiger partial charge in [-0.25, -0.2) is 0 Å². The molecule has 0 bridgehead atoms. The van der Waals surface area contributed by atoms with Crippen molar-refractivity contribution in [2.75, 3.05) is 26.0 Å². The van der Waals surface area contributed by atoms with Crippen LogP contribution in [0.15, 0.2) is 0 Å². The zero-order valence-electron chi connectivity index (χ0n) is 23.2. The number of Topliss-reactive ketones (excluding diaryl/α,β-unsaturated/α-hetero) is 2. The SMILES string of the molecule is CC[C@@H]1CN([C@H]2C[C@@]3(C)[C@@H](CC[C@H]4[C@@H]5CC[C@H](C(C)=O)[C@@]5(C)CC(=O)[C@@H]43)C[C@@H]2O)CCO1.CS(=O)(=O)O. The van der Waals surface area contributed by atoms with E-state index < -0.39 is 10.1 Å². The fraction of sp³-hybridized carbons (Fsp3) is 0.929. The summed E-state index contributed by atoms with van der Waals surface area (Å²) in [6, 6.07) is 0.127. The van der Waals surface area contributed by atoms with Crippen LogP contribution in [0.1, 0.15) is 79.1 Å². The average molecular weight is 542 g/mol. The monoisotopic (exact) mass is 541 g/mol. The number of ketones is 2. The van der Waals surface area contributed by atoms with Gasteiger partial charge in [-0.2, -0.15) is 8.42 Å². The minimum atomic E-state index is -3.67. The summed E-state index contributed by atoms with van der Waals surface area (Å²) in [5.41, 5.74) is -0.182. The van der Waals surface area contributed by atoms with Crippen LogP contribution in [0.3, 0.4) is 0 Å². The molecule has 10 atom stereocenters. The standard InChI is InChI=1S/C27H43NO4.CH4O3S/c1-5-18-15-28(10-11-32-18)22-13-26(3)17(12-23(22)30)6-7-19-21-9-8-20(16(2)29)27(21,4)14-24(31)25(19)26;1-5(2,3)4/h17-23,25,30H,5-15H2,1-4H3;1H3,(H,2,3,4)/t17-,18+,19-,20+,21-,22-,23-,25+,26-,27+;/m0./s1. The van der Waals surface area contributed by atoms with E-state index in [0.717, 1.165) is 64.6 Å². The Morgan fingerprint density at radius 3 is 2.46 bits per heavy atom. The Hall–Kier alpha value is -0.870. The van der Waals surface area contributed by atoms with Crippen LogP contribution in [0.25, 0.3) is 0 Å². The van der Waals surface area contributed by atoms with E-state index in [1.54, 1.807) is 6.92 Å². The molecule has 4 aliphatic carbocycles. The smallest absolute Gasteiger partial charge is 0.261 e. The molecule has 0 radical (unpaired) electrons. The van der Waals surface area contributed by atoms with Crippen molar-refractivity contribution in [2.45, 2.75) is 97.3 Å². The van der Waals surface area contributed by atoms with E-state index in [1.165, 1.54) is 0 Å². The predicted octanol–water partition coefficient (Wildman–Crippen LogP) is 3.37. The summed E-state index contributed by atoms with van der Waals surface area (Å²) in [5, 5.41) is 11.2. The first-order chi connectivity index (χ1) is 17.2. The Morgan fingerprint density at radius 2 is 1.84 bits per heavy atom. The number of aliphatic hydroxyl groups excluding tert-OH is 1. The minimum absolute atomic E-state index is 0.0421. The van der Waals surface area contributed by atoms with E-state index >= 15 is 0 Å². The van der Waals surface area contributed by atoms with Crippen molar-refractivity contribution >= 4 is 21.7 Å². The molecule has 5 aliphatic rings. The average Bonchev–Trinajstić information content (AvgIpc) is 3.14. The van der Waals surface area contributed by atoms with Crippen molar-refractivity contribution in [3.8, 4) is 0 Å². The number of ether oxygens (including phenoxy) is 1. The predicted molar refractivity (Wildman–Crippen MR) is 141 cm³/mol. The lowest BCUT2D eigenvalue weighted by atomic mass is 9.43. The van der Waals surface area contributed by atoms with Gasteiger partial charge in [-0.15, -0.1) is 0 Å². The van der Waals surface area contributed by atoms with Crippen molar-refractivity contribution in [2.24, 2.45) is 40.4 Å². The number of nitrogens with zero attached hydrogens (tertiary/aromatic N) is 1. The topological polar surface area (TPSA) is 121 Å². The van der Waals surface area contributed by atoms with Crippen LogP contribution in [-0.2, 0) is 24.4 Å². The van der Waals surface area contributed by atoms with Gasteiger partial charge in [0.25, 0.3) is 10.1 Å². The zero-order valence-corrected chi connectivity index (χ0v) is 24.0. The first-order valence-corrected chi connectivity index (χ1v) is 16.0. The summed E-state index contributed by atoms with van der Waals surface area (Å²) in [4.78, 5) is 28.7. The van der Waals surface area contributed by atoms with E-state index in [0.29, 0.717) is 36.2 Å². The molecular formula is C28H47NO7S. The molecule has 8 nitrogen and oxygen atoms in total. The maximum atomic E-state index is 13.9. The Kier molecular flexibility index (Phi) is 8.34. The molecule has 2 N–H and O–H groups in total. The highest BCUT2D eigenvalue weighted by atomic mass is 32.2. The van der Waals surface area contributed by atoms with E-state index in [9.17, 15) is 23.1 Å². The minimum Gasteiger partial charge on any atom is -0.391 e. The molecule has 0 spiro atoms. The fourth-order valence-electron chi connectivity index (χ4n) is 9.43. The van der Waals surface area contributed by atoms with Gasteiger partial charge in [0.1, 0.15) is 11.6 Å². The van der Waals surface area contributed by atoms with Crippen molar-refractivity contribution < 1.29 is 32.4 Å². The first-order valence-electron chi connectivity index (χ1n) is 14.2. The third-order valence-electron chi connectivity index (χ3n) is 11.0. The molecule has 1 heterocycles. The Labute approximate surface area is 222 Å². The molecule has 0 aromatic heterocycles. The molecule has 1 saturated heterocycles. The summed E-state index contributed by atoms with van der Waals surface area (Å²) < 4.78 is 31.8.